The molecule has 0 radical (unpaired) electrons. The molecule has 0 aliphatic carbocycles. The maximum Gasteiger partial charge on any atom is 0.226 e. The zero-order valence-electron chi connectivity index (χ0n) is 11.6. The van der Waals surface area contributed by atoms with Crippen LogP contribution >= 0.6 is 0 Å². The summed E-state index contributed by atoms with van der Waals surface area (Å²) in [5.41, 5.74) is 0.841. The first kappa shape index (κ1) is 14.9. The quantitative estimate of drug-likeness (QED) is 0.854. The molecule has 2 unspecified atom stereocenters. The van der Waals surface area contributed by atoms with Gasteiger partial charge in [-0.15, -0.1) is 0 Å². The zero-order chi connectivity index (χ0) is 13.7. The number of aryl methyl sites for hydroxylation is 1. The van der Waals surface area contributed by atoms with E-state index in [1.807, 2.05) is 27.7 Å². The third-order valence-corrected chi connectivity index (χ3v) is 3.60. The molecule has 1 rings (SSSR count). The van der Waals surface area contributed by atoms with Gasteiger partial charge < -0.3 is 10.1 Å². The molecule has 1 N–H and O–H groups in total. The van der Waals surface area contributed by atoms with Crippen LogP contribution in [0.5, 0.6) is 5.88 Å². The first-order valence-corrected chi connectivity index (χ1v) is 7.59. The van der Waals surface area contributed by atoms with E-state index in [1.165, 1.54) is 0 Å². The largest absolute Gasteiger partial charge is 0.475 e. The van der Waals surface area contributed by atoms with E-state index >= 15 is 0 Å². The summed E-state index contributed by atoms with van der Waals surface area (Å²) in [6.07, 6.45) is 1.77. The predicted octanol–water partition coefficient (Wildman–Crippen LogP) is 1.75. The maximum absolute atomic E-state index is 11.2. The highest BCUT2D eigenvalue weighted by molar-refractivity contribution is 7.84. The fourth-order valence-electron chi connectivity index (χ4n) is 1.27. The molecule has 1 heterocycles. The van der Waals surface area contributed by atoms with Crippen molar-refractivity contribution in [3.05, 3.63) is 11.8 Å². The number of aromatic nitrogens is 2. The SMILES string of the molecule is Cc1cc(OC(C)C)nc(NCC(C)S(C)=O)n1. The number of nitrogens with one attached hydrogen (secondary N) is 1. The average Bonchev–Trinajstić information content (AvgIpc) is 2.23. The van der Waals surface area contributed by atoms with Crippen molar-refractivity contribution in [2.24, 2.45) is 0 Å². The molecule has 0 saturated heterocycles. The minimum Gasteiger partial charge on any atom is -0.475 e. The molecule has 0 spiro atoms. The molecule has 0 aromatic carbocycles. The first-order valence-electron chi connectivity index (χ1n) is 5.97. The summed E-state index contributed by atoms with van der Waals surface area (Å²) >= 11 is 0. The lowest BCUT2D eigenvalue weighted by atomic mass is 10.4. The minimum absolute atomic E-state index is 0.0589. The Kier molecular flexibility index (Phi) is 5.53. The summed E-state index contributed by atoms with van der Waals surface area (Å²) in [6.45, 7) is 8.29. The number of anilines is 1. The standard InChI is InChI=1S/C12H21N3O2S/c1-8(2)17-11-6-9(3)14-12(15-11)13-7-10(4)18(5)16/h6,8,10H,7H2,1-5H3,(H,13,14,15). The Labute approximate surface area is 111 Å². The summed E-state index contributed by atoms with van der Waals surface area (Å²) in [5.74, 6) is 1.08. The molecule has 0 fully saturated rings. The van der Waals surface area contributed by atoms with Crippen molar-refractivity contribution in [2.75, 3.05) is 18.1 Å². The second kappa shape index (κ2) is 6.68. The molecule has 0 aliphatic rings. The van der Waals surface area contributed by atoms with Gasteiger partial charge in [-0.3, -0.25) is 4.21 Å². The predicted molar refractivity (Wildman–Crippen MR) is 74.6 cm³/mol. The minimum atomic E-state index is -0.853. The zero-order valence-corrected chi connectivity index (χ0v) is 12.4. The second-order valence-electron chi connectivity index (χ2n) is 4.53. The van der Waals surface area contributed by atoms with E-state index in [2.05, 4.69) is 15.3 Å². The normalized spacial score (nSPS) is 14.3. The highest BCUT2D eigenvalue weighted by Crippen LogP contribution is 2.13. The van der Waals surface area contributed by atoms with Gasteiger partial charge in [0.1, 0.15) is 0 Å². The highest BCUT2D eigenvalue weighted by Gasteiger charge is 2.08. The molecule has 0 saturated carbocycles. The Morgan fingerprint density at radius 3 is 2.61 bits per heavy atom. The van der Waals surface area contributed by atoms with Gasteiger partial charge in [-0.2, -0.15) is 4.98 Å². The molecule has 0 aliphatic heterocycles. The average molecular weight is 271 g/mol. The second-order valence-corrected chi connectivity index (χ2v) is 6.33. The summed E-state index contributed by atoms with van der Waals surface area (Å²) in [5, 5.41) is 3.14. The molecular formula is C12H21N3O2S. The summed E-state index contributed by atoms with van der Waals surface area (Å²) in [4.78, 5) is 8.53. The summed E-state index contributed by atoms with van der Waals surface area (Å²) in [7, 11) is -0.853. The maximum atomic E-state index is 11.2. The van der Waals surface area contributed by atoms with Crippen molar-refractivity contribution < 1.29 is 8.95 Å². The van der Waals surface area contributed by atoms with Crippen LogP contribution in [0, 0.1) is 6.92 Å². The third-order valence-electron chi connectivity index (χ3n) is 2.30. The Hall–Kier alpha value is -1.17. The van der Waals surface area contributed by atoms with Gasteiger partial charge in [0.05, 0.1) is 6.10 Å². The summed E-state index contributed by atoms with van der Waals surface area (Å²) in [6, 6.07) is 1.80. The number of hydrogen-bond acceptors (Lipinski definition) is 5. The van der Waals surface area contributed by atoms with Crippen LogP contribution in [0.1, 0.15) is 26.5 Å². The van der Waals surface area contributed by atoms with Crippen molar-refractivity contribution in [3.8, 4) is 5.88 Å². The lowest BCUT2D eigenvalue weighted by Crippen LogP contribution is -2.22. The molecular weight excluding hydrogens is 250 g/mol. The van der Waals surface area contributed by atoms with Crippen molar-refractivity contribution in [1.29, 1.82) is 0 Å². The molecule has 0 bridgehead atoms. The van der Waals surface area contributed by atoms with Crippen LogP contribution < -0.4 is 10.1 Å². The van der Waals surface area contributed by atoms with Gasteiger partial charge in [-0.25, -0.2) is 4.98 Å². The van der Waals surface area contributed by atoms with Crippen LogP contribution in [0.25, 0.3) is 0 Å². The highest BCUT2D eigenvalue weighted by atomic mass is 32.2. The van der Waals surface area contributed by atoms with E-state index in [9.17, 15) is 4.21 Å². The molecule has 102 valence electrons. The molecule has 1 aromatic rings. The molecule has 5 nitrogen and oxygen atoms in total. The smallest absolute Gasteiger partial charge is 0.226 e. The van der Waals surface area contributed by atoms with Crippen LogP contribution in [-0.4, -0.2) is 38.3 Å². The number of rotatable bonds is 6. The molecule has 2 atom stereocenters. The van der Waals surface area contributed by atoms with Gasteiger partial charge in [-0.1, -0.05) is 0 Å². The fraction of sp³-hybridized carbons (Fsp3) is 0.667. The van der Waals surface area contributed by atoms with Crippen LogP contribution in [0.2, 0.25) is 0 Å². The fourth-order valence-corrected chi connectivity index (χ4v) is 1.59. The van der Waals surface area contributed by atoms with E-state index in [0.717, 1.165) is 5.69 Å². The Balaban J connectivity index is 2.71. The Bertz CT molecular complexity index is 424. The monoisotopic (exact) mass is 271 g/mol. The molecule has 18 heavy (non-hydrogen) atoms. The number of ether oxygens (including phenoxy) is 1. The number of hydrogen-bond donors (Lipinski definition) is 1. The molecule has 6 heteroatoms. The van der Waals surface area contributed by atoms with E-state index in [1.54, 1.807) is 12.3 Å². The van der Waals surface area contributed by atoms with Gasteiger partial charge in [0.25, 0.3) is 0 Å². The van der Waals surface area contributed by atoms with Gasteiger partial charge in [-0.05, 0) is 27.7 Å². The van der Waals surface area contributed by atoms with E-state index in [0.29, 0.717) is 18.4 Å². The van der Waals surface area contributed by atoms with Gasteiger partial charge in [0.2, 0.25) is 11.8 Å². The molecule has 1 aromatic heterocycles. The van der Waals surface area contributed by atoms with Crippen LogP contribution in [0.3, 0.4) is 0 Å². The van der Waals surface area contributed by atoms with E-state index in [4.69, 9.17) is 4.74 Å². The summed E-state index contributed by atoms with van der Waals surface area (Å²) < 4.78 is 16.8. The van der Waals surface area contributed by atoms with Crippen LogP contribution in [-0.2, 0) is 10.8 Å². The van der Waals surface area contributed by atoms with Crippen molar-refractivity contribution in [3.63, 3.8) is 0 Å². The third kappa shape index (κ3) is 5.00. The van der Waals surface area contributed by atoms with Crippen molar-refractivity contribution >= 4 is 16.7 Å². The van der Waals surface area contributed by atoms with Gasteiger partial charge in [0.15, 0.2) is 0 Å². The molecule has 0 amide bonds. The van der Waals surface area contributed by atoms with Crippen LogP contribution in [0.15, 0.2) is 6.07 Å². The van der Waals surface area contributed by atoms with Gasteiger partial charge in [0, 0.05) is 40.6 Å². The first-order chi connectivity index (χ1) is 8.38. The lowest BCUT2D eigenvalue weighted by molar-refractivity contribution is 0.232. The van der Waals surface area contributed by atoms with Crippen LogP contribution in [0.4, 0.5) is 5.95 Å². The van der Waals surface area contributed by atoms with E-state index in [-0.39, 0.29) is 11.4 Å². The Morgan fingerprint density at radius 2 is 2.06 bits per heavy atom. The topological polar surface area (TPSA) is 64.1 Å². The lowest BCUT2D eigenvalue weighted by Gasteiger charge is -2.13. The van der Waals surface area contributed by atoms with Crippen molar-refractivity contribution in [2.45, 2.75) is 39.0 Å². The van der Waals surface area contributed by atoms with E-state index < -0.39 is 10.8 Å². The van der Waals surface area contributed by atoms with Gasteiger partial charge >= 0.3 is 0 Å². The van der Waals surface area contributed by atoms with Crippen molar-refractivity contribution in [1.82, 2.24) is 9.97 Å². The Morgan fingerprint density at radius 1 is 1.39 bits per heavy atom. The number of nitrogens with zero attached hydrogens (tertiary/aromatic N) is 2.